The van der Waals surface area contributed by atoms with Crippen LogP contribution in [0.25, 0.3) is 11.3 Å². The summed E-state index contributed by atoms with van der Waals surface area (Å²) in [4.78, 5) is 26.5. The van der Waals surface area contributed by atoms with Gasteiger partial charge in [0.25, 0.3) is 5.91 Å². The van der Waals surface area contributed by atoms with Crippen LogP contribution >= 0.6 is 0 Å². The van der Waals surface area contributed by atoms with Crippen molar-refractivity contribution in [1.82, 2.24) is 24.5 Å². The second kappa shape index (κ2) is 10.6. The van der Waals surface area contributed by atoms with Gasteiger partial charge in [0.05, 0.1) is 10.6 Å². The maximum atomic E-state index is 12.8. The standard InChI is InChI=1S/C26H32N6O2S/c1-26(2,3)30-35(34)22-11-7-19(8-12-22)23-13-14-27-25(29-23)28-21-9-5-20(6-10-21)24(33)32-17-15-31(4)16-18-32/h5-14,30H,15-18H2,1-4H3,(H,27,28,29). The molecule has 1 amide bonds. The lowest BCUT2D eigenvalue weighted by Gasteiger charge is -2.32. The minimum absolute atomic E-state index is 0.0602. The molecule has 0 radical (unpaired) electrons. The van der Waals surface area contributed by atoms with Gasteiger partial charge < -0.3 is 15.1 Å². The number of nitrogens with one attached hydrogen (secondary N) is 2. The summed E-state index contributed by atoms with van der Waals surface area (Å²) >= 11 is 0. The molecule has 0 spiro atoms. The van der Waals surface area contributed by atoms with Gasteiger partial charge in [-0.1, -0.05) is 12.1 Å². The van der Waals surface area contributed by atoms with Gasteiger partial charge in [0, 0.05) is 54.7 Å². The molecule has 3 aromatic rings. The fraction of sp³-hybridized carbons (Fsp3) is 0.346. The molecule has 184 valence electrons. The molecule has 1 aliphatic rings. The molecule has 9 heteroatoms. The zero-order chi connectivity index (χ0) is 25.0. The Labute approximate surface area is 209 Å². The summed E-state index contributed by atoms with van der Waals surface area (Å²) < 4.78 is 15.5. The van der Waals surface area contributed by atoms with Gasteiger partial charge in [0.1, 0.15) is 11.0 Å². The van der Waals surface area contributed by atoms with Crippen molar-refractivity contribution < 1.29 is 9.00 Å². The first-order valence-corrected chi connectivity index (χ1v) is 12.8. The normalized spacial score (nSPS) is 15.6. The largest absolute Gasteiger partial charge is 0.336 e. The number of aromatic nitrogens is 2. The molecular formula is C26H32N6O2S. The van der Waals surface area contributed by atoms with Crippen molar-refractivity contribution in [3.05, 3.63) is 66.4 Å². The van der Waals surface area contributed by atoms with E-state index in [9.17, 15) is 9.00 Å². The molecule has 1 saturated heterocycles. The van der Waals surface area contributed by atoms with Gasteiger partial charge in [0.2, 0.25) is 5.95 Å². The molecule has 2 N–H and O–H groups in total. The molecule has 8 nitrogen and oxygen atoms in total. The summed E-state index contributed by atoms with van der Waals surface area (Å²) in [5, 5.41) is 3.21. The third-order valence-electron chi connectivity index (χ3n) is 5.60. The van der Waals surface area contributed by atoms with E-state index in [4.69, 9.17) is 0 Å². The Hall–Kier alpha value is -3.14. The Morgan fingerprint density at radius 1 is 0.943 bits per heavy atom. The first-order chi connectivity index (χ1) is 16.7. The van der Waals surface area contributed by atoms with Crippen LogP contribution in [0.3, 0.4) is 0 Å². The molecular weight excluding hydrogens is 460 g/mol. The lowest BCUT2D eigenvalue weighted by atomic mass is 10.1. The Morgan fingerprint density at radius 3 is 2.23 bits per heavy atom. The van der Waals surface area contributed by atoms with Crippen molar-refractivity contribution in [2.45, 2.75) is 31.2 Å². The Balaban J connectivity index is 1.41. The molecule has 2 heterocycles. The number of amides is 1. The Kier molecular flexibility index (Phi) is 7.59. The zero-order valence-corrected chi connectivity index (χ0v) is 21.4. The van der Waals surface area contributed by atoms with Crippen LogP contribution in [0, 0.1) is 0 Å². The summed E-state index contributed by atoms with van der Waals surface area (Å²) in [6.45, 7) is 9.23. The van der Waals surface area contributed by atoms with Crippen LogP contribution in [-0.2, 0) is 11.0 Å². The number of rotatable bonds is 6. The third kappa shape index (κ3) is 6.72. The van der Waals surface area contributed by atoms with Crippen molar-refractivity contribution in [2.24, 2.45) is 0 Å². The van der Waals surface area contributed by atoms with Crippen LogP contribution in [0.1, 0.15) is 31.1 Å². The molecule has 0 saturated carbocycles. The molecule has 1 fully saturated rings. The van der Waals surface area contributed by atoms with E-state index in [0.717, 1.165) is 43.1 Å². The fourth-order valence-electron chi connectivity index (χ4n) is 3.68. The van der Waals surface area contributed by atoms with E-state index in [1.165, 1.54) is 0 Å². The number of benzene rings is 2. The molecule has 1 aliphatic heterocycles. The number of hydrogen-bond donors (Lipinski definition) is 2. The second-order valence-electron chi connectivity index (χ2n) is 9.71. The highest BCUT2D eigenvalue weighted by Crippen LogP contribution is 2.22. The highest BCUT2D eigenvalue weighted by Gasteiger charge is 2.20. The SMILES string of the molecule is CN1CCN(C(=O)c2ccc(Nc3nccc(-c4ccc(S(=O)NC(C)(C)C)cc4)n3)cc2)CC1. The number of anilines is 2. The van der Waals surface area contributed by atoms with Crippen LogP contribution in [0.4, 0.5) is 11.6 Å². The molecule has 1 atom stereocenters. The number of nitrogens with zero attached hydrogens (tertiary/aromatic N) is 4. The molecule has 1 aromatic heterocycles. The third-order valence-corrected chi connectivity index (χ3v) is 7.10. The molecule has 4 rings (SSSR count). The van der Waals surface area contributed by atoms with Gasteiger partial charge in [0.15, 0.2) is 0 Å². The van der Waals surface area contributed by atoms with Crippen LogP contribution in [0.2, 0.25) is 0 Å². The average Bonchev–Trinajstić information content (AvgIpc) is 2.84. The molecule has 35 heavy (non-hydrogen) atoms. The summed E-state index contributed by atoms with van der Waals surface area (Å²) in [6.07, 6.45) is 1.70. The predicted molar refractivity (Wildman–Crippen MR) is 140 cm³/mol. The Bertz CT molecular complexity index is 1180. The lowest BCUT2D eigenvalue weighted by Crippen LogP contribution is -2.47. The molecule has 0 bridgehead atoms. The van der Waals surface area contributed by atoms with Gasteiger partial charge in [-0.05, 0) is 70.3 Å². The van der Waals surface area contributed by atoms with E-state index in [1.54, 1.807) is 6.20 Å². The van der Waals surface area contributed by atoms with Crippen molar-refractivity contribution in [2.75, 3.05) is 38.5 Å². The zero-order valence-electron chi connectivity index (χ0n) is 20.6. The van der Waals surface area contributed by atoms with E-state index < -0.39 is 11.0 Å². The first-order valence-electron chi connectivity index (χ1n) is 11.7. The molecule has 2 aromatic carbocycles. The maximum Gasteiger partial charge on any atom is 0.253 e. The van der Waals surface area contributed by atoms with Gasteiger partial charge in [-0.3, -0.25) is 4.79 Å². The van der Waals surface area contributed by atoms with Crippen LogP contribution in [-0.4, -0.2) is 68.6 Å². The summed E-state index contributed by atoms with van der Waals surface area (Å²) in [5.41, 5.74) is 2.89. The van der Waals surface area contributed by atoms with Gasteiger partial charge in [-0.25, -0.2) is 18.9 Å². The predicted octanol–water partition coefficient (Wildman–Crippen LogP) is 3.69. The van der Waals surface area contributed by atoms with Crippen molar-refractivity contribution >= 4 is 28.5 Å². The van der Waals surface area contributed by atoms with Crippen molar-refractivity contribution in [3.63, 3.8) is 0 Å². The quantitative estimate of drug-likeness (QED) is 0.546. The summed E-state index contributed by atoms with van der Waals surface area (Å²) in [5.74, 6) is 0.521. The highest BCUT2D eigenvalue weighted by atomic mass is 32.2. The fourth-order valence-corrected chi connectivity index (χ4v) is 4.74. The smallest absolute Gasteiger partial charge is 0.253 e. The highest BCUT2D eigenvalue weighted by molar-refractivity contribution is 7.83. The summed E-state index contributed by atoms with van der Waals surface area (Å²) in [6, 6.07) is 16.7. The minimum Gasteiger partial charge on any atom is -0.336 e. The topological polar surface area (TPSA) is 90.5 Å². The van der Waals surface area contributed by atoms with Crippen molar-refractivity contribution in [3.8, 4) is 11.3 Å². The number of piperazine rings is 1. The number of hydrogen-bond acceptors (Lipinski definition) is 6. The van der Waals surface area contributed by atoms with Gasteiger partial charge in [-0.15, -0.1) is 0 Å². The van der Waals surface area contributed by atoms with E-state index >= 15 is 0 Å². The van der Waals surface area contributed by atoms with E-state index in [1.807, 2.05) is 80.3 Å². The van der Waals surface area contributed by atoms with Gasteiger partial charge >= 0.3 is 0 Å². The monoisotopic (exact) mass is 492 g/mol. The number of carbonyl (C=O) groups is 1. The van der Waals surface area contributed by atoms with E-state index in [2.05, 4.69) is 32.0 Å². The molecule has 0 aliphatic carbocycles. The lowest BCUT2D eigenvalue weighted by molar-refractivity contribution is 0.0664. The number of carbonyl (C=O) groups excluding carboxylic acids is 1. The van der Waals surface area contributed by atoms with Crippen molar-refractivity contribution in [1.29, 1.82) is 0 Å². The van der Waals surface area contributed by atoms with Crippen LogP contribution < -0.4 is 10.0 Å². The van der Waals surface area contributed by atoms with Gasteiger partial charge in [-0.2, -0.15) is 0 Å². The van der Waals surface area contributed by atoms with Crippen LogP contribution in [0.5, 0.6) is 0 Å². The van der Waals surface area contributed by atoms with E-state index in [0.29, 0.717) is 16.4 Å². The minimum atomic E-state index is -1.28. The first kappa shape index (κ1) is 25.0. The molecule has 1 unspecified atom stereocenters. The summed E-state index contributed by atoms with van der Waals surface area (Å²) in [7, 11) is 0.790. The average molecular weight is 493 g/mol. The second-order valence-corrected chi connectivity index (χ2v) is 10.9. The number of likely N-dealkylation sites (N-methyl/N-ethyl adjacent to an activating group) is 1. The van der Waals surface area contributed by atoms with Crippen LogP contribution in [0.15, 0.2) is 65.7 Å². The maximum absolute atomic E-state index is 12.8. The van der Waals surface area contributed by atoms with E-state index in [-0.39, 0.29) is 11.4 Å². The Morgan fingerprint density at radius 2 is 1.60 bits per heavy atom.